The van der Waals surface area contributed by atoms with Crippen LogP contribution < -0.4 is 10.6 Å². The maximum Gasteiger partial charge on any atom is 0.128 e. The average Bonchev–Trinajstić information content (AvgIpc) is 2.46. The van der Waals surface area contributed by atoms with Crippen LogP contribution in [0.1, 0.15) is 19.8 Å². The molecule has 1 fully saturated rings. The summed E-state index contributed by atoms with van der Waals surface area (Å²) < 4.78 is 0. The van der Waals surface area contributed by atoms with Gasteiger partial charge in [0.25, 0.3) is 0 Å². The molecule has 0 saturated carbocycles. The minimum absolute atomic E-state index is 0.533. The van der Waals surface area contributed by atoms with Crippen molar-refractivity contribution in [1.82, 2.24) is 9.88 Å². The van der Waals surface area contributed by atoms with Gasteiger partial charge in [-0.05, 0) is 18.6 Å². The zero-order chi connectivity index (χ0) is 13.7. The standard InChI is InChI=1S/C14H23ClN4/c1-2-3-13(10-16)18-6-8-19(9-7-18)14-5-4-12(15)11-17-14/h4-5,11,13H,2-3,6-10,16H2,1H3. The van der Waals surface area contributed by atoms with Crippen molar-refractivity contribution in [2.45, 2.75) is 25.8 Å². The van der Waals surface area contributed by atoms with Crippen LogP contribution in [-0.2, 0) is 0 Å². The Labute approximate surface area is 120 Å². The Bertz CT molecular complexity index is 374. The Kier molecular flexibility index (Phi) is 5.43. The third kappa shape index (κ3) is 3.81. The molecule has 0 radical (unpaired) electrons. The van der Waals surface area contributed by atoms with E-state index >= 15 is 0 Å². The predicted octanol–water partition coefficient (Wildman–Crippen LogP) is 1.98. The average molecular weight is 283 g/mol. The molecule has 0 aliphatic carbocycles. The molecule has 1 saturated heterocycles. The summed E-state index contributed by atoms with van der Waals surface area (Å²) in [7, 11) is 0. The summed E-state index contributed by atoms with van der Waals surface area (Å²) in [5.74, 6) is 1.02. The van der Waals surface area contributed by atoms with E-state index < -0.39 is 0 Å². The van der Waals surface area contributed by atoms with Crippen LogP contribution in [0.15, 0.2) is 18.3 Å². The van der Waals surface area contributed by atoms with Crippen LogP contribution in [0.5, 0.6) is 0 Å². The number of piperazine rings is 1. The number of halogens is 1. The summed E-state index contributed by atoms with van der Waals surface area (Å²) in [5, 5.41) is 0.688. The Balaban J connectivity index is 1.89. The molecule has 0 bridgehead atoms. The van der Waals surface area contributed by atoms with Crippen LogP contribution in [0.4, 0.5) is 5.82 Å². The highest BCUT2D eigenvalue weighted by molar-refractivity contribution is 6.30. The summed E-state index contributed by atoms with van der Waals surface area (Å²) >= 11 is 5.87. The zero-order valence-corrected chi connectivity index (χ0v) is 12.3. The lowest BCUT2D eigenvalue weighted by molar-refractivity contribution is 0.179. The van der Waals surface area contributed by atoms with Crippen LogP contribution in [0.2, 0.25) is 5.02 Å². The smallest absolute Gasteiger partial charge is 0.128 e. The normalized spacial score (nSPS) is 18.6. The second-order valence-corrected chi connectivity index (χ2v) is 5.47. The van der Waals surface area contributed by atoms with Gasteiger partial charge in [-0.1, -0.05) is 24.9 Å². The number of hydrogen-bond donors (Lipinski definition) is 1. The molecule has 1 aliphatic heterocycles. The zero-order valence-electron chi connectivity index (χ0n) is 11.6. The molecule has 0 amide bonds. The van der Waals surface area contributed by atoms with E-state index in [0.717, 1.165) is 38.5 Å². The molecule has 19 heavy (non-hydrogen) atoms. The highest BCUT2D eigenvalue weighted by Crippen LogP contribution is 2.17. The molecule has 1 unspecified atom stereocenters. The van der Waals surface area contributed by atoms with Gasteiger partial charge in [0.15, 0.2) is 0 Å². The van der Waals surface area contributed by atoms with Gasteiger partial charge in [-0.25, -0.2) is 4.98 Å². The molecule has 0 spiro atoms. The first kappa shape index (κ1) is 14.6. The maximum atomic E-state index is 5.87. The molecule has 2 N–H and O–H groups in total. The Morgan fingerprint density at radius 2 is 2.05 bits per heavy atom. The van der Waals surface area contributed by atoms with Gasteiger partial charge in [0.2, 0.25) is 0 Å². The third-order valence-corrected chi connectivity index (χ3v) is 3.98. The number of nitrogens with two attached hydrogens (primary N) is 1. The van der Waals surface area contributed by atoms with Crippen LogP contribution >= 0.6 is 11.6 Å². The Hall–Kier alpha value is -0.840. The fraction of sp³-hybridized carbons (Fsp3) is 0.643. The molecule has 1 atom stereocenters. The van der Waals surface area contributed by atoms with Gasteiger partial charge in [-0.3, -0.25) is 4.90 Å². The van der Waals surface area contributed by atoms with Gasteiger partial charge >= 0.3 is 0 Å². The van der Waals surface area contributed by atoms with E-state index in [4.69, 9.17) is 17.3 Å². The number of aromatic nitrogens is 1. The second-order valence-electron chi connectivity index (χ2n) is 5.04. The summed E-state index contributed by atoms with van der Waals surface area (Å²) in [5.41, 5.74) is 5.87. The molecule has 5 heteroatoms. The third-order valence-electron chi connectivity index (χ3n) is 3.76. The molecule has 1 aromatic rings. The number of pyridine rings is 1. The van der Waals surface area contributed by atoms with E-state index in [1.54, 1.807) is 6.20 Å². The fourth-order valence-electron chi connectivity index (χ4n) is 2.65. The molecule has 0 aromatic carbocycles. The summed E-state index contributed by atoms with van der Waals surface area (Å²) in [4.78, 5) is 9.20. The maximum absolute atomic E-state index is 5.87. The van der Waals surface area contributed by atoms with Gasteiger partial charge in [0.1, 0.15) is 5.82 Å². The summed E-state index contributed by atoms with van der Waals surface area (Å²) in [6.45, 7) is 7.12. The molecular formula is C14H23ClN4. The predicted molar refractivity (Wildman–Crippen MR) is 80.8 cm³/mol. The van der Waals surface area contributed by atoms with Crippen LogP contribution in [0.25, 0.3) is 0 Å². The van der Waals surface area contributed by atoms with Crippen molar-refractivity contribution in [3.8, 4) is 0 Å². The second kappa shape index (κ2) is 7.08. The molecule has 1 aromatic heterocycles. The fourth-order valence-corrected chi connectivity index (χ4v) is 2.77. The Morgan fingerprint density at radius 1 is 1.32 bits per heavy atom. The minimum Gasteiger partial charge on any atom is -0.354 e. The van der Waals surface area contributed by atoms with E-state index in [0.29, 0.717) is 11.1 Å². The summed E-state index contributed by atoms with van der Waals surface area (Å²) in [6, 6.07) is 4.42. The molecule has 4 nitrogen and oxygen atoms in total. The highest BCUT2D eigenvalue weighted by atomic mass is 35.5. The monoisotopic (exact) mass is 282 g/mol. The molecule has 2 heterocycles. The van der Waals surface area contributed by atoms with Gasteiger partial charge in [-0.15, -0.1) is 0 Å². The molecule has 106 valence electrons. The van der Waals surface area contributed by atoms with Crippen LogP contribution in [0.3, 0.4) is 0 Å². The quantitative estimate of drug-likeness (QED) is 0.897. The molecular weight excluding hydrogens is 260 g/mol. The van der Waals surface area contributed by atoms with Crippen molar-refractivity contribution in [3.05, 3.63) is 23.4 Å². The van der Waals surface area contributed by atoms with E-state index in [1.165, 1.54) is 12.8 Å². The van der Waals surface area contributed by atoms with Crippen LogP contribution in [-0.4, -0.2) is 48.6 Å². The van der Waals surface area contributed by atoms with E-state index in [2.05, 4.69) is 21.7 Å². The van der Waals surface area contributed by atoms with Crippen molar-refractivity contribution >= 4 is 17.4 Å². The SMILES string of the molecule is CCCC(CN)N1CCN(c2ccc(Cl)cn2)CC1. The van der Waals surface area contributed by atoms with Gasteiger partial charge < -0.3 is 10.6 Å². The van der Waals surface area contributed by atoms with Crippen molar-refractivity contribution < 1.29 is 0 Å². The van der Waals surface area contributed by atoms with Crippen molar-refractivity contribution in [3.63, 3.8) is 0 Å². The number of nitrogens with zero attached hydrogens (tertiary/aromatic N) is 3. The Morgan fingerprint density at radius 3 is 2.58 bits per heavy atom. The van der Waals surface area contributed by atoms with Crippen molar-refractivity contribution in [1.29, 1.82) is 0 Å². The number of hydrogen-bond acceptors (Lipinski definition) is 4. The lowest BCUT2D eigenvalue weighted by Crippen LogP contribution is -2.52. The van der Waals surface area contributed by atoms with Gasteiger partial charge in [-0.2, -0.15) is 0 Å². The minimum atomic E-state index is 0.533. The van der Waals surface area contributed by atoms with E-state index in [1.807, 2.05) is 12.1 Å². The topological polar surface area (TPSA) is 45.4 Å². The first-order chi connectivity index (χ1) is 9.24. The van der Waals surface area contributed by atoms with Crippen LogP contribution in [0, 0.1) is 0 Å². The first-order valence-electron chi connectivity index (χ1n) is 7.05. The lowest BCUT2D eigenvalue weighted by atomic mass is 10.1. The van der Waals surface area contributed by atoms with E-state index in [-0.39, 0.29) is 0 Å². The number of anilines is 1. The molecule has 2 rings (SSSR count). The van der Waals surface area contributed by atoms with Crippen molar-refractivity contribution in [2.24, 2.45) is 5.73 Å². The lowest BCUT2D eigenvalue weighted by Gasteiger charge is -2.39. The molecule has 1 aliphatic rings. The largest absolute Gasteiger partial charge is 0.354 e. The first-order valence-corrected chi connectivity index (χ1v) is 7.43. The highest BCUT2D eigenvalue weighted by Gasteiger charge is 2.22. The summed E-state index contributed by atoms with van der Waals surface area (Å²) in [6.07, 6.45) is 4.10. The van der Waals surface area contributed by atoms with Crippen molar-refractivity contribution in [2.75, 3.05) is 37.6 Å². The van der Waals surface area contributed by atoms with Gasteiger partial charge in [0.05, 0.1) is 5.02 Å². The van der Waals surface area contributed by atoms with E-state index in [9.17, 15) is 0 Å². The number of rotatable bonds is 5. The van der Waals surface area contributed by atoms with Gasteiger partial charge in [0, 0.05) is 45.0 Å².